The average molecular weight is 388 g/mol. The number of carbonyl (C=O) groups is 2. The molecule has 0 radical (unpaired) electrons. The number of nitrogens with zero attached hydrogens (tertiary/aromatic N) is 1. The van der Waals surface area contributed by atoms with Crippen LogP contribution < -0.4 is 10.6 Å². The summed E-state index contributed by atoms with van der Waals surface area (Å²) < 4.78 is 0. The first-order valence-electron chi connectivity index (χ1n) is 9.08. The Labute approximate surface area is 165 Å². The maximum Gasteiger partial charge on any atom is 0.238 e. The number of rotatable bonds is 8. The lowest BCUT2D eigenvalue weighted by Crippen LogP contribution is -2.38. The van der Waals surface area contributed by atoms with Gasteiger partial charge in [-0.05, 0) is 55.3 Å². The van der Waals surface area contributed by atoms with Crippen LogP contribution in [0.15, 0.2) is 42.5 Å². The molecule has 0 saturated heterocycles. The molecule has 6 heteroatoms. The average Bonchev–Trinajstić information content (AvgIpc) is 2.64. The van der Waals surface area contributed by atoms with Gasteiger partial charge in [0.25, 0.3) is 0 Å². The molecule has 0 aliphatic rings. The first kappa shape index (κ1) is 20.9. The largest absolute Gasteiger partial charge is 0.325 e. The Kier molecular flexibility index (Phi) is 7.82. The van der Waals surface area contributed by atoms with E-state index in [2.05, 4.69) is 17.6 Å². The molecule has 0 aliphatic heterocycles. The molecule has 2 amide bonds. The molecule has 2 N–H and O–H groups in total. The van der Waals surface area contributed by atoms with Gasteiger partial charge in [-0.3, -0.25) is 14.5 Å². The Morgan fingerprint density at radius 2 is 1.70 bits per heavy atom. The molecule has 2 aromatic rings. The van der Waals surface area contributed by atoms with Crippen LogP contribution in [-0.2, 0) is 16.0 Å². The van der Waals surface area contributed by atoms with Crippen molar-refractivity contribution in [2.24, 2.45) is 0 Å². The van der Waals surface area contributed by atoms with E-state index in [1.54, 1.807) is 17.0 Å². The monoisotopic (exact) mass is 387 g/mol. The van der Waals surface area contributed by atoms with E-state index < -0.39 is 0 Å². The van der Waals surface area contributed by atoms with Crippen molar-refractivity contribution in [3.8, 4) is 0 Å². The lowest BCUT2D eigenvalue weighted by Gasteiger charge is -2.20. The van der Waals surface area contributed by atoms with Gasteiger partial charge in [0.05, 0.1) is 13.1 Å². The molecule has 144 valence electrons. The molecule has 27 heavy (non-hydrogen) atoms. The second-order valence-electron chi connectivity index (χ2n) is 6.41. The van der Waals surface area contributed by atoms with E-state index in [0.717, 1.165) is 23.2 Å². The van der Waals surface area contributed by atoms with E-state index in [4.69, 9.17) is 11.6 Å². The summed E-state index contributed by atoms with van der Waals surface area (Å²) in [6.45, 7) is 6.76. The topological polar surface area (TPSA) is 61.4 Å². The maximum absolute atomic E-state index is 12.3. The molecule has 0 aromatic heterocycles. The quantitative estimate of drug-likeness (QED) is 0.716. The summed E-state index contributed by atoms with van der Waals surface area (Å²) in [5.74, 6) is -0.320. The van der Waals surface area contributed by atoms with Crippen molar-refractivity contribution in [1.82, 2.24) is 4.90 Å². The van der Waals surface area contributed by atoms with Crippen LogP contribution in [0.1, 0.15) is 25.0 Å². The zero-order valence-electron chi connectivity index (χ0n) is 16.0. The van der Waals surface area contributed by atoms with E-state index in [9.17, 15) is 9.59 Å². The number of hydrogen-bond donors (Lipinski definition) is 2. The SMILES string of the molecule is CCc1cccc(NC(=O)CN(CC)CC(=O)Nc2cc(Cl)ccc2C)c1. The Hall–Kier alpha value is -2.37. The third kappa shape index (κ3) is 6.70. The highest BCUT2D eigenvalue weighted by Crippen LogP contribution is 2.20. The van der Waals surface area contributed by atoms with Gasteiger partial charge in [0.2, 0.25) is 11.8 Å². The smallest absolute Gasteiger partial charge is 0.238 e. The van der Waals surface area contributed by atoms with Crippen LogP contribution >= 0.6 is 11.6 Å². The number of carbonyl (C=O) groups excluding carboxylic acids is 2. The first-order chi connectivity index (χ1) is 12.9. The molecule has 0 aliphatic carbocycles. The van der Waals surface area contributed by atoms with Crippen LogP contribution in [0.2, 0.25) is 5.02 Å². The predicted molar refractivity (Wildman–Crippen MR) is 111 cm³/mol. The molecular weight excluding hydrogens is 362 g/mol. The van der Waals surface area contributed by atoms with Crippen molar-refractivity contribution < 1.29 is 9.59 Å². The van der Waals surface area contributed by atoms with Crippen LogP contribution in [0.5, 0.6) is 0 Å². The summed E-state index contributed by atoms with van der Waals surface area (Å²) in [7, 11) is 0. The van der Waals surface area contributed by atoms with Crippen LogP contribution in [0, 0.1) is 6.92 Å². The van der Waals surface area contributed by atoms with Crippen LogP contribution in [0.4, 0.5) is 11.4 Å². The predicted octanol–water partition coefficient (Wildman–Crippen LogP) is 4.11. The van der Waals surface area contributed by atoms with Gasteiger partial charge < -0.3 is 10.6 Å². The van der Waals surface area contributed by atoms with Crippen LogP contribution in [0.25, 0.3) is 0 Å². The van der Waals surface area contributed by atoms with Gasteiger partial charge in [0.1, 0.15) is 0 Å². The van der Waals surface area contributed by atoms with Crippen molar-refractivity contribution >= 4 is 34.8 Å². The summed E-state index contributed by atoms with van der Waals surface area (Å²) in [5.41, 5.74) is 3.56. The van der Waals surface area contributed by atoms with Gasteiger partial charge in [-0.2, -0.15) is 0 Å². The molecule has 0 fully saturated rings. The maximum atomic E-state index is 12.3. The molecular formula is C21H26ClN3O2. The van der Waals surface area contributed by atoms with E-state index in [-0.39, 0.29) is 24.9 Å². The van der Waals surface area contributed by atoms with Gasteiger partial charge in [0.15, 0.2) is 0 Å². The lowest BCUT2D eigenvalue weighted by atomic mass is 10.1. The van der Waals surface area contributed by atoms with E-state index in [1.807, 2.05) is 44.2 Å². The summed E-state index contributed by atoms with van der Waals surface area (Å²) in [6.07, 6.45) is 0.911. The zero-order valence-corrected chi connectivity index (χ0v) is 16.8. The number of hydrogen-bond acceptors (Lipinski definition) is 3. The highest BCUT2D eigenvalue weighted by atomic mass is 35.5. The summed E-state index contributed by atoms with van der Waals surface area (Å²) >= 11 is 5.99. The molecule has 0 unspecified atom stereocenters. The van der Waals surface area contributed by atoms with Crippen molar-refractivity contribution in [3.63, 3.8) is 0 Å². The fourth-order valence-electron chi connectivity index (χ4n) is 2.67. The highest BCUT2D eigenvalue weighted by molar-refractivity contribution is 6.31. The molecule has 0 heterocycles. The number of nitrogens with one attached hydrogen (secondary N) is 2. The van der Waals surface area contributed by atoms with Gasteiger partial charge in [-0.1, -0.05) is 43.6 Å². The van der Waals surface area contributed by atoms with Crippen molar-refractivity contribution in [2.45, 2.75) is 27.2 Å². The Balaban J connectivity index is 1.91. The number of aryl methyl sites for hydroxylation is 2. The summed E-state index contributed by atoms with van der Waals surface area (Å²) in [6, 6.07) is 13.1. The van der Waals surface area contributed by atoms with Crippen molar-refractivity contribution in [1.29, 1.82) is 0 Å². The number of amides is 2. The second-order valence-corrected chi connectivity index (χ2v) is 6.85. The third-order valence-corrected chi connectivity index (χ3v) is 4.51. The summed E-state index contributed by atoms with van der Waals surface area (Å²) in [4.78, 5) is 26.4. The normalized spacial score (nSPS) is 10.7. The fraction of sp³-hybridized carbons (Fsp3) is 0.333. The third-order valence-electron chi connectivity index (χ3n) is 4.27. The van der Waals surface area contributed by atoms with E-state index in [0.29, 0.717) is 17.3 Å². The highest BCUT2D eigenvalue weighted by Gasteiger charge is 2.14. The van der Waals surface area contributed by atoms with Gasteiger partial charge >= 0.3 is 0 Å². The zero-order chi connectivity index (χ0) is 19.8. The van der Waals surface area contributed by atoms with E-state index in [1.165, 1.54) is 0 Å². The molecule has 0 bridgehead atoms. The van der Waals surface area contributed by atoms with Crippen LogP contribution in [0.3, 0.4) is 0 Å². The van der Waals surface area contributed by atoms with Crippen molar-refractivity contribution in [3.05, 3.63) is 58.6 Å². The van der Waals surface area contributed by atoms with Crippen molar-refractivity contribution in [2.75, 3.05) is 30.3 Å². The molecule has 0 spiro atoms. The molecule has 2 rings (SSSR count). The molecule has 5 nitrogen and oxygen atoms in total. The minimum Gasteiger partial charge on any atom is -0.325 e. The molecule has 0 saturated carbocycles. The van der Waals surface area contributed by atoms with Crippen LogP contribution in [-0.4, -0.2) is 36.3 Å². The van der Waals surface area contributed by atoms with E-state index >= 15 is 0 Å². The Bertz CT molecular complexity index is 808. The number of halogens is 1. The van der Waals surface area contributed by atoms with Gasteiger partial charge in [-0.15, -0.1) is 0 Å². The number of anilines is 2. The fourth-order valence-corrected chi connectivity index (χ4v) is 2.85. The number of benzene rings is 2. The summed E-state index contributed by atoms with van der Waals surface area (Å²) in [5, 5.41) is 6.31. The van der Waals surface area contributed by atoms with Gasteiger partial charge in [0, 0.05) is 16.4 Å². The minimum absolute atomic E-state index is 0.130. The first-order valence-corrected chi connectivity index (χ1v) is 9.46. The molecule has 2 aromatic carbocycles. The number of likely N-dealkylation sites (N-methyl/N-ethyl adjacent to an activating group) is 1. The van der Waals surface area contributed by atoms with Gasteiger partial charge in [-0.25, -0.2) is 0 Å². The second kappa shape index (κ2) is 10.1. The molecule has 0 atom stereocenters. The standard InChI is InChI=1S/C21H26ClN3O2/c1-4-16-7-6-8-18(11-16)23-20(26)13-25(5-2)14-21(27)24-19-12-17(22)10-9-15(19)3/h6-12H,4-5,13-14H2,1-3H3,(H,23,26)(H,24,27). The Morgan fingerprint density at radius 1 is 1.00 bits per heavy atom. The Morgan fingerprint density at radius 3 is 2.37 bits per heavy atom. The minimum atomic E-state index is -0.178. The lowest BCUT2D eigenvalue weighted by molar-refractivity contribution is -0.119.